The number of benzene rings is 2. The zero-order chi connectivity index (χ0) is 41.0. The Kier molecular flexibility index (Phi) is 12.1. The number of aliphatic hydroxyl groups excluding tert-OH is 1. The number of urea groups is 1. The fraction of sp³-hybridized carbons (Fsp3) is 0.500. The number of aliphatic hydroxyl groups is 1. The van der Waals surface area contributed by atoms with Crippen molar-refractivity contribution in [3.63, 3.8) is 0 Å². The Morgan fingerprint density at radius 3 is 2.56 bits per heavy atom. The molecule has 3 fully saturated rings. The summed E-state index contributed by atoms with van der Waals surface area (Å²) in [5.74, 6) is 1.15. The lowest BCUT2D eigenvalue weighted by Gasteiger charge is -2.34. The molecule has 4 aliphatic heterocycles. The third kappa shape index (κ3) is 9.05. The molecule has 312 valence electrons. The molecule has 3 saturated heterocycles. The van der Waals surface area contributed by atoms with E-state index in [0.717, 1.165) is 110 Å². The number of rotatable bonds is 13. The third-order valence-corrected chi connectivity index (χ3v) is 12.3. The smallest absolute Gasteiger partial charge is 0.321 e. The molecular formula is C44H56N10O5. The second-order valence-electron chi connectivity index (χ2n) is 16.7. The summed E-state index contributed by atoms with van der Waals surface area (Å²) in [6, 6.07) is 15.1. The van der Waals surface area contributed by atoms with Crippen LogP contribution < -0.4 is 20.9 Å². The highest BCUT2D eigenvalue weighted by atomic mass is 16.3. The molecule has 8 rings (SSSR count). The average molecular weight is 805 g/mol. The molecule has 4 N–H and O–H groups in total. The maximum absolute atomic E-state index is 13.2. The number of β-amino-alcohol motifs (C(OH)–C–C–N with tert-alkyl or cyclic N) is 1. The van der Waals surface area contributed by atoms with Gasteiger partial charge >= 0.3 is 6.03 Å². The highest BCUT2D eigenvalue weighted by molar-refractivity contribution is 6.05. The Morgan fingerprint density at radius 1 is 0.983 bits per heavy atom. The lowest BCUT2D eigenvalue weighted by Crippen LogP contribution is -2.52. The van der Waals surface area contributed by atoms with Crippen LogP contribution in [0.1, 0.15) is 97.3 Å². The first-order chi connectivity index (χ1) is 28.6. The zero-order valence-corrected chi connectivity index (χ0v) is 34.2. The van der Waals surface area contributed by atoms with Crippen molar-refractivity contribution in [3.05, 3.63) is 82.5 Å². The van der Waals surface area contributed by atoms with Crippen LogP contribution in [0.3, 0.4) is 0 Å². The first-order valence-corrected chi connectivity index (χ1v) is 21.3. The van der Waals surface area contributed by atoms with Gasteiger partial charge in [0.05, 0.1) is 12.3 Å². The van der Waals surface area contributed by atoms with E-state index < -0.39 is 6.04 Å². The number of carbonyl (C=O) groups excluding carboxylic acids is 4. The number of amides is 5. The molecular weight excluding hydrogens is 749 g/mol. The Morgan fingerprint density at radius 2 is 1.80 bits per heavy atom. The van der Waals surface area contributed by atoms with E-state index in [2.05, 4.69) is 50.8 Å². The number of unbranched alkanes of at least 4 members (excludes halogenated alkanes) is 2. The number of piperazine rings is 1. The monoisotopic (exact) mass is 804 g/mol. The molecule has 0 bridgehead atoms. The summed E-state index contributed by atoms with van der Waals surface area (Å²) in [5.41, 5.74) is 6.55. The van der Waals surface area contributed by atoms with Crippen molar-refractivity contribution in [2.45, 2.75) is 96.4 Å². The summed E-state index contributed by atoms with van der Waals surface area (Å²) in [6.07, 6.45) is 7.87. The van der Waals surface area contributed by atoms with Gasteiger partial charge in [0.15, 0.2) is 5.65 Å². The van der Waals surface area contributed by atoms with Crippen LogP contribution in [0.25, 0.3) is 5.65 Å². The van der Waals surface area contributed by atoms with Crippen molar-refractivity contribution >= 4 is 46.7 Å². The fourth-order valence-corrected chi connectivity index (χ4v) is 8.81. The van der Waals surface area contributed by atoms with Crippen LogP contribution in [0, 0.1) is 0 Å². The number of hydrogen-bond acceptors (Lipinski definition) is 10. The molecule has 0 saturated carbocycles. The van der Waals surface area contributed by atoms with E-state index in [1.165, 1.54) is 0 Å². The SMILES string of the molecule is CC(C)c1cnn2c(NCc3ccc(NC(=O)N4CCN(CCCCCc5cccc6c5CN(C5CCC(=O)NC5=O)C6=O)CC4)cc3)cc(N3CCC[C@@H](O)C3)nc12. The number of aromatic nitrogens is 3. The largest absolute Gasteiger partial charge is 0.391 e. The normalized spacial score (nSPS) is 20.1. The summed E-state index contributed by atoms with van der Waals surface area (Å²) in [5, 5.41) is 24.0. The second-order valence-corrected chi connectivity index (χ2v) is 16.7. The van der Waals surface area contributed by atoms with Gasteiger partial charge in [-0.3, -0.25) is 24.6 Å². The molecule has 0 spiro atoms. The summed E-state index contributed by atoms with van der Waals surface area (Å²) in [7, 11) is 0. The molecule has 4 aliphatic rings. The van der Waals surface area contributed by atoms with Crippen molar-refractivity contribution in [1.82, 2.24) is 34.6 Å². The van der Waals surface area contributed by atoms with Crippen LogP contribution in [-0.4, -0.2) is 116 Å². The van der Waals surface area contributed by atoms with E-state index >= 15 is 0 Å². The van der Waals surface area contributed by atoms with Gasteiger partial charge in [-0.25, -0.2) is 9.78 Å². The number of nitrogens with one attached hydrogen (secondary N) is 3. The summed E-state index contributed by atoms with van der Waals surface area (Å²) in [4.78, 5) is 63.5. The van der Waals surface area contributed by atoms with Crippen molar-refractivity contribution < 1.29 is 24.3 Å². The maximum Gasteiger partial charge on any atom is 0.321 e. The molecule has 2 atom stereocenters. The highest BCUT2D eigenvalue weighted by Crippen LogP contribution is 2.31. The fourth-order valence-electron chi connectivity index (χ4n) is 8.81. The summed E-state index contributed by atoms with van der Waals surface area (Å²) >= 11 is 0. The number of piperidine rings is 2. The lowest BCUT2D eigenvalue weighted by molar-refractivity contribution is -0.136. The Balaban J connectivity index is 0.764. The van der Waals surface area contributed by atoms with Crippen LogP contribution >= 0.6 is 0 Å². The quantitative estimate of drug-likeness (QED) is 0.109. The van der Waals surface area contributed by atoms with Crippen LogP contribution in [0.15, 0.2) is 54.7 Å². The number of imide groups is 1. The van der Waals surface area contributed by atoms with E-state index in [0.29, 0.717) is 44.7 Å². The number of hydrogen-bond donors (Lipinski definition) is 4. The molecule has 59 heavy (non-hydrogen) atoms. The third-order valence-electron chi connectivity index (χ3n) is 12.3. The summed E-state index contributed by atoms with van der Waals surface area (Å²) in [6.45, 7) is 10.7. The Bertz CT molecular complexity index is 2180. The Hall–Kier alpha value is -5.54. The van der Waals surface area contributed by atoms with Gasteiger partial charge in [0.25, 0.3) is 5.91 Å². The minimum absolute atomic E-state index is 0.0882. The second kappa shape index (κ2) is 17.8. The van der Waals surface area contributed by atoms with Gasteiger partial charge in [-0.05, 0) is 85.9 Å². The van der Waals surface area contributed by atoms with E-state index in [1.54, 1.807) is 4.90 Å². The van der Waals surface area contributed by atoms with E-state index in [-0.39, 0.29) is 42.2 Å². The maximum atomic E-state index is 13.2. The molecule has 0 radical (unpaired) electrons. The standard InChI is InChI=1S/C44H56N10O5/c1-29(2)35-26-46-54-38(24-39(48-41(35)54)52-19-7-10-33(55)27-52)45-25-30-12-14-32(15-13-30)47-44(59)51-22-20-50(21-23-51)18-5-3-4-8-31-9-6-11-34-36(31)28-53(43(34)58)37-16-17-40(56)49-42(37)57/h6,9,11-15,24,26,29,33,37,45,55H,3-5,7-8,10,16-23,25,27-28H2,1-2H3,(H,47,59)(H,49,56,57)/t33-,37?/m1/s1. The molecule has 15 nitrogen and oxygen atoms in total. The van der Waals surface area contributed by atoms with Gasteiger partial charge in [-0.2, -0.15) is 9.61 Å². The molecule has 6 heterocycles. The average Bonchev–Trinajstić information content (AvgIpc) is 3.82. The van der Waals surface area contributed by atoms with Gasteiger partial charge in [0.1, 0.15) is 17.7 Å². The van der Waals surface area contributed by atoms with Crippen molar-refractivity contribution in [2.75, 3.05) is 61.3 Å². The number of aryl methyl sites for hydroxylation is 1. The number of anilines is 3. The highest BCUT2D eigenvalue weighted by Gasteiger charge is 2.39. The molecule has 2 aromatic carbocycles. The molecule has 4 aromatic rings. The summed E-state index contributed by atoms with van der Waals surface area (Å²) < 4.78 is 1.86. The van der Waals surface area contributed by atoms with Crippen molar-refractivity contribution in [1.29, 1.82) is 0 Å². The lowest BCUT2D eigenvalue weighted by atomic mass is 9.98. The van der Waals surface area contributed by atoms with Gasteiger partial charge in [0.2, 0.25) is 11.8 Å². The van der Waals surface area contributed by atoms with Gasteiger partial charge in [0, 0.05) is 81.7 Å². The van der Waals surface area contributed by atoms with Crippen molar-refractivity contribution in [2.24, 2.45) is 0 Å². The van der Waals surface area contributed by atoms with Crippen molar-refractivity contribution in [3.8, 4) is 0 Å². The predicted octanol–water partition coefficient (Wildman–Crippen LogP) is 4.75. The zero-order valence-electron chi connectivity index (χ0n) is 34.2. The Labute approximate surface area is 345 Å². The number of nitrogens with zero attached hydrogens (tertiary/aromatic N) is 7. The van der Waals surface area contributed by atoms with E-state index in [1.807, 2.05) is 58.1 Å². The molecule has 15 heteroatoms. The van der Waals surface area contributed by atoms with Gasteiger partial charge in [-0.15, -0.1) is 0 Å². The first kappa shape index (κ1) is 40.2. The molecule has 5 amide bonds. The van der Waals surface area contributed by atoms with E-state index in [4.69, 9.17) is 4.98 Å². The van der Waals surface area contributed by atoms with Gasteiger partial charge in [-0.1, -0.05) is 44.5 Å². The number of fused-ring (bicyclic) bond motifs is 2. The van der Waals surface area contributed by atoms with Crippen LogP contribution in [0.2, 0.25) is 0 Å². The predicted molar refractivity (Wildman–Crippen MR) is 225 cm³/mol. The topological polar surface area (TPSA) is 168 Å². The van der Waals surface area contributed by atoms with Gasteiger partial charge < -0.3 is 30.4 Å². The minimum atomic E-state index is -0.600. The van der Waals surface area contributed by atoms with Crippen LogP contribution in [-0.2, 0) is 29.1 Å². The van der Waals surface area contributed by atoms with Crippen LogP contribution in [0.4, 0.5) is 22.1 Å². The van der Waals surface area contributed by atoms with Crippen LogP contribution in [0.5, 0.6) is 0 Å². The minimum Gasteiger partial charge on any atom is -0.391 e. The first-order valence-electron chi connectivity index (χ1n) is 21.3. The number of carbonyl (C=O) groups is 4. The van der Waals surface area contributed by atoms with E-state index in [9.17, 15) is 24.3 Å². The molecule has 1 unspecified atom stereocenters. The molecule has 2 aromatic heterocycles. The molecule has 0 aliphatic carbocycles.